The van der Waals surface area contributed by atoms with Gasteiger partial charge in [-0.2, -0.15) is 0 Å². The largest absolute Gasteiger partial charge is 0.508 e. The molecule has 1 fully saturated rings. The maximum Gasteiger partial charge on any atom is 0.300 e. The number of ether oxygens (including phenoxy) is 1. The van der Waals surface area contributed by atoms with Crippen LogP contribution in [0.3, 0.4) is 0 Å². The number of anilines is 1. The number of aliphatic hydroxyl groups is 1. The van der Waals surface area contributed by atoms with Crippen LogP contribution >= 0.6 is 0 Å². The summed E-state index contributed by atoms with van der Waals surface area (Å²) in [6.45, 7) is 5.98. The van der Waals surface area contributed by atoms with Gasteiger partial charge in [0.25, 0.3) is 11.7 Å². The van der Waals surface area contributed by atoms with Crippen molar-refractivity contribution in [1.82, 2.24) is 0 Å². The molecule has 1 saturated heterocycles. The molecule has 0 radical (unpaired) electrons. The van der Waals surface area contributed by atoms with Gasteiger partial charge in [-0.1, -0.05) is 18.2 Å². The Morgan fingerprint density at radius 2 is 1.68 bits per heavy atom. The molecule has 3 aromatic carbocycles. The van der Waals surface area contributed by atoms with Crippen LogP contribution in [0.2, 0.25) is 0 Å². The molecule has 7 nitrogen and oxygen atoms in total. The number of aromatic hydroxyl groups is 2. The van der Waals surface area contributed by atoms with E-state index >= 15 is 0 Å². The molecule has 1 aliphatic rings. The van der Waals surface area contributed by atoms with Crippen LogP contribution in [-0.4, -0.2) is 33.6 Å². The van der Waals surface area contributed by atoms with E-state index in [1.54, 1.807) is 49.4 Å². The highest BCUT2D eigenvalue weighted by Gasteiger charge is 2.47. The van der Waals surface area contributed by atoms with E-state index in [9.17, 15) is 24.9 Å². The number of carbonyl (C=O) groups is 2. The van der Waals surface area contributed by atoms with Crippen molar-refractivity contribution in [2.24, 2.45) is 0 Å². The Hall–Kier alpha value is -4.26. The molecule has 0 saturated carbocycles. The van der Waals surface area contributed by atoms with Gasteiger partial charge in [0.2, 0.25) is 0 Å². The van der Waals surface area contributed by atoms with Crippen LogP contribution in [0.4, 0.5) is 5.69 Å². The molecular weight excluding hydrogens is 434 g/mol. The predicted octanol–water partition coefficient (Wildman–Crippen LogP) is 4.74. The minimum atomic E-state index is -1.01. The summed E-state index contributed by atoms with van der Waals surface area (Å²) in [5.74, 6) is -1.59. The number of aryl methyl sites for hydroxylation is 2. The Kier molecular flexibility index (Phi) is 6.03. The van der Waals surface area contributed by atoms with Crippen LogP contribution in [0.5, 0.6) is 17.2 Å². The first kappa shape index (κ1) is 22.9. The number of nitrogens with zero attached hydrogens (tertiary/aromatic N) is 1. The lowest BCUT2D eigenvalue weighted by molar-refractivity contribution is -0.132. The number of phenolic OH excluding ortho intramolecular Hbond substituents is 2. The van der Waals surface area contributed by atoms with E-state index in [0.717, 1.165) is 11.1 Å². The summed E-state index contributed by atoms with van der Waals surface area (Å²) in [5, 5.41) is 31.5. The molecule has 0 spiro atoms. The van der Waals surface area contributed by atoms with Gasteiger partial charge in [0.05, 0.1) is 23.9 Å². The van der Waals surface area contributed by atoms with Gasteiger partial charge in [-0.25, -0.2) is 0 Å². The third-order valence-electron chi connectivity index (χ3n) is 5.79. The van der Waals surface area contributed by atoms with Gasteiger partial charge in [0.15, 0.2) is 0 Å². The number of rotatable bonds is 5. The summed E-state index contributed by atoms with van der Waals surface area (Å²) >= 11 is 0. The van der Waals surface area contributed by atoms with Crippen LogP contribution < -0.4 is 9.64 Å². The van der Waals surface area contributed by atoms with Crippen molar-refractivity contribution >= 4 is 23.1 Å². The Morgan fingerprint density at radius 1 is 0.971 bits per heavy atom. The van der Waals surface area contributed by atoms with E-state index in [-0.39, 0.29) is 28.5 Å². The van der Waals surface area contributed by atoms with Gasteiger partial charge in [-0.05, 0) is 79.9 Å². The summed E-state index contributed by atoms with van der Waals surface area (Å²) in [7, 11) is 0. The third kappa shape index (κ3) is 3.96. The van der Waals surface area contributed by atoms with E-state index in [4.69, 9.17) is 4.74 Å². The molecule has 174 valence electrons. The van der Waals surface area contributed by atoms with Crippen molar-refractivity contribution in [3.63, 3.8) is 0 Å². The molecule has 1 unspecified atom stereocenters. The predicted molar refractivity (Wildman–Crippen MR) is 128 cm³/mol. The SMILES string of the molecule is CCOc1ccc(/C(O)=C2/C(=O)C(=O)N(c3cc(C)ccc3O)C2c2ccc(O)cc2)cc1C. The molecule has 3 N–H and O–H groups in total. The van der Waals surface area contributed by atoms with Gasteiger partial charge in [-0.3, -0.25) is 14.5 Å². The van der Waals surface area contributed by atoms with Crippen molar-refractivity contribution in [3.05, 3.63) is 88.5 Å². The Bertz CT molecular complexity index is 1310. The molecule has 0 bridgehead atoms. The Balaban J connectivity index is 1.94. The summed E-state index contributed by atoms with van der Waals surface area (Å²) in [4.78, 5) is 27.6. The molecule has 0 aromatic heterocycles. The van der Waals surface area contributed by atoms with E-state index in [0.29, 0.717) is 23.5 Å². The lowest BCUT2D eigenvalue weighted by Gasteiger charge is -2.26. The average molecular weight is 459 g/mol. The van der Waals surface area contributed by atoms with Crippen molar-refractivity contribution in [2.75, 3.05) is 11.5 Å². The lowest BCUT2D eigenvalue weighted by Crippen LogP contribution is -2.29. The first-order valence-corrected chi connectivity index (χ1v) is 10.9. The second-order valence-electron chi connectivity index (χ2n) is 8.17. The summed E-state index contributed by atoms with van der Waals surface area (Å²) in [6, 6.07) is 14.8. The number of ketones is 1. The average Bonchev–Trinajstić information content (AvgIpc) is 3.07. The van der Waals surface area contributed by atoms with Crippen LogP contribution in [0.1, 0.15) is 35.2 Å². The maximum absolute atomic E-state index is 13.2. The first-order valence-electron chi connectivity index (χ1n) is 10.9. The zero-order valence-electron chi connectivity index (χ0n) is 19.1. The normalized spacial score (nSPS) is 17.3. The minimum absolute atomic E-state index is 0.0150. The number of aliphatic hydroxyl groups excluding tert-OH is 1. The fourth-order valence-corrected chi connectivity index (χ4v) is 4.15. The maximum atomic E-state index is 13.2. The summed E-state index contributed by atoms with van der Waals surface area (Å²) < 4.78 is 5.56. The van der Waals surface area contributed by atoms with E-state index in [1.165, 1.54) is 23.1 Å². The molecular formula is C27H25NO6. The van der Waals surface area contributed by atoms with Crippen molar-refractivity contribution in [2.45, 2.75) is 26.8 Å². The summed E-state index contributed by atoms with van der Waals surface area (Å²) in [6.07, 6.45) is 0. The van der Waals surface area contributed by atoms with Crippen molar-refractivity contribution in [1.29, 1.82) is 0 Å². The highest BCUT2D eigenvalue weighted by atomic mass is 16.5. The smallest absolute Gasteiger partial charge is 0.300 e. The number of benzene rings is 3. The van der Waals surface area contributed by atoms with Gasteiger partial charge in [0, 0.05) is 5.56 Å². The fraction of sp³-hybridized carbons (Fsp3) is 0.185. The van der Waals surface area contributed by atoms with Gasteiger partial charge in [-0.15, -0.1) is 0 Å². The number of carbonyl (C=O) groups excluding carboxylic acids is 2. The second-order valence-corrected chi connectivity index (χ2v) is 8.17. The zero-order valence-corrected chi connectivity index (χ0v) is 19.1. The van der Waals surface area contributed by atoms with E-state index in [1.807, 2.05) is 13.8 Å². The van der Waals surface area contributed by atoms with E-state index in [2.05, 4.69) is 0 Å². The standard InChI is InChI=1S/C27H25NO6/c1-4-34-22-12-8-18(14-16(22)3)25(31)23-24(17-6-9-19(29)10-7-17)28(27(33)26(23)32)20-13-15(2)5-11-21(20)30/h5-14,24,29-31H,4H2,1-3H3/b25-23-. The Labute approximate surface area is 197 Å². The number of Topliss-reactive ketones (excluding diaryl/α,β-unsaturated/α-hetero) is 1. The monoisotopic (exact) mass is 459 g/mol. The topological polar surface area (TPSA) is 107 Å². The molecule has 0 aliphatic carbocycles. The molecule has 1 heterocycles. The first-order chi connectivity index (χ1) is 16.2. The fourth-order valence-electron chi connectivity index (χ4n) is 4.15. The van der Waals surface area contributed by atoms with Crippen molar-refractivity contribution < 1.29 is 29.6 Å². The highest BCUT2D eigenvalue weighted by Crippen LogP contribution is 2.45. The van der Waals surface area contributed by atoms with Gasteiger partial charge < -0.3 is 20.1 Å². The molecule has 1 amide bonds. The van der Waals surface area contributed by atoms with Crippen LogP contribution in [0.25, 0.3) is 5.76 Å². The van der Waals surface area contributed by atoms with Gasteiger partial charge in [0.1, 0.15) is 23.0 Å². The number of amides is 1. The molecule has 7 heteroatoms. The van der Waals surface area contributed by atoms with Crippen LogP contribution in [0.15, 0.2) is 66.2 Å². The van der Waals surface area contributed by atoms with E-state index < -0.39 is 17.7 Å². The Morgan fingerprint density at radius 3 is 2.32 bits per heavy atom. The lowest BCUT2D eigenvalue weighted by atomic mass is 9.94. The minimum Gasteiger partial charge on any atom is -0.508 e. The molecule has 1 atom stereocenters. The summed E-state index contributed by atoms with van der Waals surface area (Å²) in [5.41, 5.74) is 2.43. The van der Waals surface area contributed by atoms with Crippen molar-refractivity contribution in [3.8, 4) is 17.2 Å². The molecule has 4 rings (SSSR count). The second kappa shape index (κ2) is 8.94. The highest BCUT2D eigenvalue weighted by molar-refractivity contribution is 6.51. The molecule has 1 aliphatic heterocycles. The van der Waals surface area contributed by atoms with Crippen LogP contribution in [0, 0.1) is 13.8 Å². The zero-order chi connectivity index (χ0) is 24.6. The number of phenols is 2. The molecule has 3 aromatic rings. The quantitative estimate of drug-likeness (QED) is 0.289. The van der Waals surface area contributed by atoms with Crippen LogP contribution in [-0.2, 0) is 9.59 Å². The number of hydrogen-bond acceptors (Lipinski definition) is 6. The third-order valence-corrected chi connectivity index (χ3v) is 5.79. The van der Waals surface area contributed by atoms with Gasteiger partial charge >= 0.3 is 0 Å². The molecule has 34 heavy (non-hydrogen) atoms. The number of hydrogen-bond donors (Lipinski definition) is 3.